The van der Waals surface area contributed by atoms with E-state index in [-0.39, 0.29) is 5.91 Å². The molecule has 7 heteroatoms. The molecule has 1 amide bonds. The molecule has 1 aromatic heterocycles. The largest absolute Gasteiger partial charge is 0.390 e. The summed E-state index contributed by atoms with van der Waals surface area (Å²) in [5.74, 6) is -1.63. The molecular formula is C19H23F2N3O2. The van der Waals surface area contributed by atoms with E-state index < -0.39 is 17.2 Å². The Bertz CT molecular complexity index is 790. The molecule has 0 atom stereocenters. The van der Waals surface area contributed by atoms with E-state index in [1.165, 1.54) is 6.07 Å². The second-order valence-corrected chi connectivity index (χ2v) is 7.55. The first-order valence-electron chi connectivity index (χ1n) is 8.75. The molecule has 3 rings (SSSR count). The molecule has 140 valence electrons. The van der Waals surface area contributed by atoms with Crippen molar-refractivity contribution in [2.45, 2.75) is 38.7 Å². The normalized spacial score (nSPS) is 16.1. The van der Waals surface area contributed by atoms with Gasteiger partial charge in [0.1, 0.15) is 5.69 Å². The summed E-state index contributed by atoms with van der Waals surface area (Å²) in [6, 6.07) is 5.07. The third-order valence-electron chi connectivity index (χ3n) is 4.71. The first-order valence-corrected chi connectivity index (χ1v) is 8.75. The van der Waals surface area contributed by atoms with Crippen molar-refractivity contribution in [1.29, 1.82) is 0 Å². The molecule has 26 heavy (non-hydrogen) atoms. The number of nitrogens with zero attached hydrogens (tertiary/aromatic N) is 2. The van der Waals surface area contributed by atoms with Crippen LogP contribution in [0.1, 0.15) is 43.6 Å². The van der Waals surface area contributed by atoms with Crippen LogP contribution in [0.2, 0.25) is 0 Å². The Hall–Kier alpha value is -2.28. The summed E-state index contributed by atoms with van der Waals surface area (Å²) in [7, 11) is 0. The number of carbonyl (C=O) groups is 1. The molecule has 1 aliphatic rings. The van der Waals surface area contributed by atoms with Gasteiger partial charge in [-0.2, -0.15) is 5.10 Å². The second-order valence-electron chi connectivity index (χ2n) is 7.55. The zero-order valence-electron chi connectivity index (χ0n) is 14.9. The van der Waals surface area contributed by atoms with Gasteiger partial charge in [0, 0.05) is 18.7 Å². The van der Waals surface area contributed by atoms with Gasteiger partial charge in [0.2, 0.25) is 0 Å². The third-order valence-corrected chi connectivity index (χ3v) is 4.71. The molecule has 0 spiro atoms. The molecule has 2 heterocycles. The number of amides is 1. The minimum atomic E-state index is -0.952. The number of H-pyrrole nitrogens is 1. The van der Waals surface area contributed by atoms with Crippen LogP contribution < -0.4 is 0 Å². The van der Waals surface area contributed by atoms with Crippen molar-refractivity contribution in [1.82, 2.24) is 15.1 Å². The number of aliphatic hydroxyl groups is 1. The first-order chi connectivity index (χ1) is 12.2. The number of aromatic nitrogens is 2. The number of benzene rings is 1. The molecule has 0 saturated carbocycles. The smallest absolute Gasteiger partial charge is 0.271 e. The average molecular weight is 363 g/mol. The molecule has 1 aliphatic heterocycles. The van der Waals surface area contributed by atoms with E-state index >= 15 is 0 Å². The van der Waals surface area contributed by atoms with Crippen LogP contribution in [0.15, 0.2) is 24.3 Å². The fourth-order valence-corrected chi connectivity index (χ4v) is 3.45. The highest BCUT2D eigenvalue weighted by Gasteiger charge is 2.28. The summed E-state index contributed by atoms with van der Waals surface area (Å²) >= 11 is 0. The lowest BCUT2D eigenvalue weighted by Crippen LogP contribution is -2.40. The molecule has 5 nitrogen and oxygen atoms in total. The van der Waals surface area contributed by atoms with Gasteiger partial charge < -0.3 is 10.0 Å². The van der Waals surface area contributed by atoms with Crippen LogP contribution in [0.4, 0.5) is 8.78 Å². The highest BCUT2D eigenvalue weighted by molar-refractivity contribution is 5.93. The van der Waals surface area contributed by atoms with E-state index in [1.807, 2.05) is 0 Å². The number of rotatable bonds is 4. The van der Waals surface area contributed by atoms with Gasteiger partial charge in [-0.1, -0.05) is 0 Å². The van der Waals surface area contributed by atoms with Gasteiger partial charge >= 0.3 is 0 Å². The number of carbonyl (C=O) groups excluding carboxylic acids is 1. The highest BCUT2D eigenvalue weighted by atomic mass is 19.2. The average Bonchev–Trinajstić information content (AvgIpc) is 3.06. The first kappa shape index (κ1) is 18.5. The number of likely N-dealkylation sites (tertiary alicyclic amines) is 1. The topological polar surface area (TPSA) is 69.2 Å². The number of nitrogens with one attached hydrogen (secondary N) is 1. The van der Waals surface area contributed by atoms with Crippen molar-refractivity contribution in [2.24, 2.45) is 5.92 Å². The van der Waals surface area contributed by atoms with Crippen LogP contribution in [0.3, 0.4) is 0 Å². The van der Waals surface area contributed by atoms with Gasteiger partial charge in [-0.3, -0.25) is 9.89 Å². The van der Waals surface area contributed by atoms with Crippen LogP contribution in [-0.4, -0.2) is 44.8 Å². The number of hydrogen-bond donors (Lipinski definition) is 2. The molecule has 1 saturated heterocycles. The fourth-order valence-electron chi connectivity index (χ4n) is 3.45. The number of halogens is 2. The molecule has 2 aromatic rings. The predicted octanol–water partition coefficient (Wildman–Crippen LogP) is 3.37. The van der Waals surface area contributed by atoms with Crippen molar-refractivity contribution in [3.63, 3.8) is 0 Å². The second kappa shape index (κ2) is 7.15. The molecule has 0 unspecified atom stereocenters. The predicted molar refractivity (Wildman–Crippen MR) is 93.5 cm³/mol. The lowest BCUT2D eigenvalue weighted by molar-refractivity contribution is 0.0357. The Morgan fingerprint density at radius 3 is 2.58 bits per heavy atom. The Balaban J connectivity index is 1.64. The lowest BCUT2D eigenvalue weighted by atomic mass is 9.86. The number of piperidine rings is 1. The van der Waals surface area contributed by atoms with Crippen LogP contribution in [-0.2, 0) is 0 Å². The van der Waals surface area contributed by atoms with Crippen LogP contribution in [0.25, 0.3) is 11.3 Å². The van der Waals surface area contributed by atoms with Gasteiger partial charge in [-0.25, -0.2) is 8.78 Å². The Kier molecular flexibility index (Phi) is 5.09. The van der Waals surface area contributed by atoms with Crippen molar-refractivity contribution >= 4 is 5.91 Å². The maximum Gasteiger partial charge on any atom is 0.271 e. The van der Waals surface area contributed by atoms with Gasteiger partial charge in [-0.15, -0.1) is 0 Å². The van der Waals surface area contributed by atoms with Crippen molar-refractivity contribution in [3.8, 4) is 11.3 Å². The van der Waals surface area contributed by atoms with E-state index in [2.05, 4.69) is 10.2 Å². The molecule has 0 bridgehead atoms. The molecular weight excluding hydrogens is 340 g/mol. The summed E-state index contributed by atoms with van der Waals surface area (Å²) in [4.78, 5) is 14.4. The van der Waals surface area contributed by atoms with E-state index in [9.17, 15) is 18.7 Å². The summed E-state index contributed by atoms with van der Waals surface area (Å²) in [6.07, 6.45) is 2.42. The van der Waals surface area contributed by atoms with Crippen molar-refractivity contribution < 1.29 is 18.7 Å². The van der Waals surface area contributed by atoms with E-state index in [0.29, 0.717) is 36.0 Å². The third kappa shape index (κ3) is 4.27. The minimum Gasteiger partial charge on any atom is -0.390 e. The van der Waals surface area contributed by atoms with Crippen molar-refractivity contribution in [3.05, 3.63) is 41.6 Å². The van der Waals surface area contributed by atoms with Gasteiger partial charge in [0.25, 0.3) is 5.91 Å². The SMILES string of the molecule is CC(C)(O)CC1CCN(C(=O)c2cc(-c3ccc(F)c(F)c3)n[nH]2)CC1. The standard InChI is InChI=1S/C19H23F2N3O2/c1-19(2,26)11-12-5-7-24(8-6-12)18(25)17-10-16(22-23-17)13-3-4-14(20)15(21)9-13/h3-4,9-10,12,26H,5-8,11H2,1-2H3,(H,22,23). The summed E-state index contributed by atoms with van der Waals surface area (Å²) in [6.45, 7) is 4.85. The fraction of sp³-hybridized carbons (Fsp3) is 0.474. The zero-order chi connectivity index (χ0) is 18.9. The summed E-state index contributed by atoms with van der Waals surface area (Å²) in [5.41, 5.74) is 0.428. The van der Waals surface area contributed by atoms with E-state index in [0.717, 1.165) is 31.4 Å². The quantitative estimate of drug-likeness (QED) is 0.875. The van der Waals surface area contributed by atoms with Crippen LogP contribution >= 0.6 is 0 Å². The van der Waals surface area contributed by atoms with E-state index in [4.69, 9.17) is 0 Å². The van der Waals surface area contributed by atoms with Crippen LogP contribution in [0.5, 0.6) is 0 Å². The number of hydrogen-bond acceptors (Lipinski definition) is 3. The molecule has 1 aromatic carbocycles. The molecule has 1 fully saturated rings. The van der Waals surface area contributed by atoms with E-state index in [1.54, 1.807) is 24.8 Å². The minimum absolute atomic E-state index is 0.159. The Morgan fingerprint density at radius 2 is 1.96 bits per heavy atom. The highest BCUT2D eigenvalue weighted by Crippen LogP contribution is 2.27. The lowest BCUT2D eigenvalue weighted by Gasteiger charge is -2.34. The maximum atomic E-state index is 13.4. The van der Waals surface area contributed by atoms with Crippen molar-refractivity contribution in [2.75, 3.05) is 13.1 Å². The summed E-state index contributed by atoms with van der Waals surface area (Å²) in [5, 5.41) is 16.7. The van der Waals surface area contributed by atoms with Gasteiger partial charge in [0.05, 0.1) is 11.3 Å². The molecule has 0 radical (unpaired) electrons. The number of aromatic amines is 1. The Morgan fingerprint density at radius 1 is 1.27 bits per heavy atom. The Labute approximate surface area is 151 Å². The zero-order valence-corrected chi connectivity index (χ0v) is 14.9. The molecule has 2 N–H and O–H groups in total. The molecule has 0 aliphatic carbocycles. The van der Waals surface area contributed by atoms with Gasteiger partial charge in [0.15, 0.2) is 11.6 Å². The maximum absolute atomic E-state index is 13.4. The monoisotopic (exact) mass is 363 g/mol. The van der Waals surface area contributed by atoms with Crippen LogP contribution in [0, 0.1) is 17.6 Å². The summed E-state index contributed by atoms with van der Waals surface area (Å²) < 4.78 is 26.4. The van der Waals surface area contributed by atoms with Gasteiger partial charge in [-0.05, 0) is 63.3 Å².